The number of aryl methyl sites for hydroxylation is 2. The van der Waals surface area contributed by atoms with E-state index >= 15 is 0 Å². The summed E-state index contributed by atoms with van der Waals surface area (Å²) in [5.74, 6) is -2.31. The number of rotatable bonds is 8. The van der Waals surface area contributed by atoms with Gasteiger partial charge in [-0.15, -0.1) is 0 Å². The van der Waals surface area contributed by atoms with Crippen molar-refractivity contribution in [3.8, 4) is 0 Å². The predicted octanol–water partition coefficient (Wildman–Crippen LogP) is 3.42. The molecule has 5 rings (SSSR count). The van der Waals surface area contributed by atoms with E-state index in [0.717, 1.165) is 16.8 Å². The first-order valence-corrected chi connectivity index (χ1v) is 13.1. The van der Waals surface area contributed by atoms with Crippen LogP contribution in [0.25, 0.3) is 0 Å². The Balaban J connectivity index is 1.53. The fourth-order valence-electron chi connectivity index (χ4n) is 6.84. The lowest BCUT2D eigenvalue weighted by Gasteiger charge is -2.34. The molecule has 8 heteroatoms. The minimum Gasteiger partial charge on any atom is -0.396 e. The number of carbonyl (C=O) groups is 3. The van der Waals surface area contributed by atoms with E-state index in [1.165, 1.54) is 4.90 Å². The Morgan fingerprint density at radius 1 is 1.03 bits per heavy atom. The number of likely N-dealkylation sites (tertiary alicyclic amines) is 1. The van der Waals surface area contributed by atoms with Gasteiger partial charge in [-0.2, -0.15) is 0 Å². The van der Waals surface area contributed by atoms with Gasteiger partial charge in [-0.1, -0.05) is 43.3 Å². The zero-order valence-corrected chi connectivity index (χ0v) is 21.6. The second-order valence-corrected chi connectivity index (χ2v) is 10.6. The molecule has 1 spiro atoms. The Kier molecular flexibility index (Phi) is 6.58. The highest BCUT2D eigenvalue weighted by atomic mass is 16.5. The van der Waals surface area contributed by atoms with Gasteiger partial charge in [-0.25, -0.2) is 0 Å². The molecule has 3 aliphatic heterocycles. The summed E-state index contributed by atoms with van der Waals surface area (Å²) >= 11 is 0. The normalized spacial score (nSPS) is 29.9. The summed E-state index contributed by atoms with van der Waals surface area (Å²) in [7, 11) is 0. The molecule has 2 aromatic carbocycles. The SMILES string of the molecule is CC[C@]12CCC3(O1)C(C(=O)Nc1c(C)cccc1C)N(CCCO)C(=O)[C@@H]3[C@H]2C(=O)Nc1ccccc1. The molecule has 3 fully saturated rings. The lowest BCUT2D eigenvalue weighted by Crippen LogP contribution is -2.53. The average Bonchev–Trinajstić information content (AvgIpc) is 3.49. The Bertz CT molecular complexity index is 1200. The van der Waals surface area contributed by atoms with Crippen LogP contribution in [-0.4, -0.2) is 58.1 Å². The van der Waals surface area contributed by atoms with E-state index in [2.05, 4.69) is 10.6 Å². The zero-order chi connectivity index (χ0) is 26.4. The molecule has 5 atom stereocenters. The van der Waals surface area contributed by atoms with Crippen molar-refractivity contribution < 1.29 is 24.2 Å². The predicted molar refractivity (Wildman–Crippen MR) is 140 cm³/mol. The van der Waals surface area contributed by atoms with Gasteiger partial charge in [0.1, 0.15) is 11.6 Å². The third-order valence-electron chi connectivity index (χ3n) is 8.54. The van der Waals surface area contributed by atoms with Crippen LogP contribution < -0.4 is 10.6 Å². The fraction of sp³-hybridized carbons (Fsp3) is 0.483. The highest BCUT2D eigenvalue weighted by Gasteiger charge is 2.78. The largest absolute Gasteiger partial charge is 0.396 e. The quantitative estimate of drug-likeness (QED) is 0.510. The molecule has 37 heavy (non-hydrogen) atoms. The molecule has 3 heterocycles. The molecule has 2 aromatic rings. The van der Waals surface area contributed by atoms with Crippen LogP contribution >= 0.6 is 0 Å². The third-order valence-corrected chi connectivity index (χ3v) is 8.54. The van der Waals surface area contributed by atoms with Gasteiger partial charge < -0.3 is 25.4 Å². The van der Waals surface area contributed by atoms with Gasteiger partial charge in [-0.05, 0) is 62.8 Å². The van der Waals surface area contributed by atoms with Crippen LogP contribution in [-0.2, 0) is 19.1 Å². The van der Waals surface area contributed by atoms with Gasteiger partial charge in [0.25, 0.3) is 0 Å². The van der Waals surface area contributed by atoms with Crippen molar-refractivity contribution >= 4 is 29.1 Å². The number of para-hydroxylation sites is 2. The van der Waals surface area contributed by atoms with Gasteiger partial charge in [-0.3, -0.25) is 14.4 Å². The van der Waals surface area contributed by atoms with Crippen molar-refractivity contribution in [1.82, 2.24) is 4.90 Å². The van der Waals surface area contributed by atoms with Crippen LogP contribution in [0.3, 0.4) is 0 Å². The fourth-order valence-corrected chi connectivity index (χ4v) is 6.84. The molecule has 3 amide bonds. The first-order chi connectivity index (χ1) is 17.8. The first-order valence-electron chi connectivity index (χ1n) is 13.1. The number of carbonyl (C=O) groups excluding carboxylic acids is 3. The monoisotopic (exact) mass is 505 g/mol. The summed E-state index contributed by atoms with van der Waals surface area (Å²) in [5, 5.41) is 15.6. The molecular weight excluding hydrogens is 470 g/mol. The van der Waals surface area contributed by atoms with Crippen molar-refractivity contribution in [2.24, 2.45) is 11.8 Å². The van der Waals surface area contributed by atoms with Crippen molar-refractivity contribution in [2.45, 2.75) is 63.7 Å². The molecule has 2 bridgehead atoms. The van der Waals surface area contributed by atoms with Crippen LogP contribution in [0.15, 0.2) is 48.5 Å². The van der Waals surface area contributed by atoms with E-state index in [1.54, 1.807) is 0 Å². The standard InChI is InChI=1S/C29H35N3O5/c1-4-28-14-15-29(37-28)22(21(28)25(34)30-20-12-6-5-7-13-20)27(36)32(16-9-17-33)24(29)26(35)31-23-18(2)10-8-11-19(23)3/h5-8,10-13,21-22,24,33H,4,9,14-17H2,1-3H3,(H,30,34)(H,31,35)/t21-,22-,24?,28+,29?/m0/s1. The second kappa shape index (κ2) is 9.58. The van der Waals surface area contributed by atoms with E-state index < -0.39 is 29.1 Å². The summed E-state index contributed by atoms with van der Waals surface area (Å²) in [5.41, 5.74) is 1.33. The molecule has 8 nitrogen and oxygen atoms in total. The molecule has 3 aliphatic rings. The third kappa shape index (κ3) is 3.94. The molecule has 0 saturated carbocycles. The lowest BCUT2D eigenvalue weighted by atomic mass is 9.65. The number of amides is 3. The smallest absolute Gasteiger partial charge is 0.250 e. The Morgan fingerprint density at radius 3 is 2.38 bits per heavy atom. The van der Waals surface area contributed by atoms with Crippen LogP contribution in [0, 0.1) is 25.7 Å². The molecule has 3 N–H and O–H groups in total. The van der Waals surface area contributed by atoms with Crippen LogP contribution in [0.1, 0.15) is 43.7 Å². The van der Waals surface area contributed by atoms with Gasteiger partial charge >= 0.3 is 0 Å². The molecule has 0 radical (unpaired) electrons. The highest BCUT2D eigenvalue weighted by molar-refractivity contribution is 6.05. The Morgan fingerprint density at radius 2 is 1.73 bits per heavy atom. The number of aliphatic hydroxyl groups excluding tert-OH is 1. The molecule has 2 unspecified atom stereocenters. The van der Waals surface area contributed by atoms with Crippen molar-refractivity contribution in [1.29, 1.82) is 0 Å². The summed E-state index contributed by atoms with van der Waals surface area (Å²) in [6, 6.07) is 14.1. The van der Waals surface area contributed by atoms with Gasteiger partial charge in [0.15, 0.2) is 0 Å². The van der Waals surface area contributed by atoms with Crippen molar-refractivity contribution in [3.63, 3.8) is 0 Å². The summed E-state index contributed by atoms with van der Waals surface area (Å²) in [6.45, 7) is 5.95. The maximum atomic E-state index is 14.0. The second-order valence-electron chi connectivity index (χ2n) is 10.6. The minimum atomic E-state index is -1.10. The topological polar surface area (TPSA) is 108 Å². The molecule has 3 saturated heterocycles. The first kappa shape index (κ1) is 25.4. The maximum absolute atomic E-state index is 14.0. The number of benzene rings is 2. The summed E-state index contributed by atoms with van der Waals surface area (Å²) < 4.78 is 6.76. The molecule has 0 aliphatic carbocycles. The number of hydrogen-bond donors (Lipinski definition) is 3. The number of anilines is 2. The van der Waals surface area contributed by atoms with Gasteiger partial charge in [0.2, 0.25) is 17.7 Å². The molecular formula is C29H35N3O5. The average molecular weight is 506 g/mol. The Labute approximate surface area is 217 Å². The maximum Gasteiger partial charge on any atom is 0.250 e. The van der Waals surface area contributed by atoms with Gasteiger partial charge in [0, 0.05) is 24.5 Å². The summed E-state index contributed by atoms with van der Waals surface area (Å²) in [6.07, 6.45) is 2.02. The number of fused-ring (bicyclic) bond motifs is 1. The number of nitrogens with one attached hydrogen (secondary N) is 2. The Hall–Kier alpha value is -3.23. The highest BCUT2D eigenvalue weighted by Crippen LogP contribution is 2.64. The van der Waals surface area contributed by atoms with Crippen molar-refractivity contribution in [2.75, 3.05) is 23.8 Å². The van der Waals surface area contributed by atoms with E-state index in [0.29, 0.717) is 31.4 Å². The van der Waals surface area contributed by atoms with E-state index in [9.17, 15) is 19.5 Å². The number of aliphatic hydroxyl groups is 1. The number of ether oxygens (including phenoxy) is 1. The zero-order valence-electron chi connectivity index (χ0n) is 21.6. The van der Waals surface area contributed by atoms with Crippen LogP contribution in [0.4, 0.5) is 11.4 Å². The van der Waals surface area contributed by atoms with E-state index in [1.807, 2.05) is 69.3 Å². The van der Waals surface area contributed by atoms with E-state index in [4.69, 9.17) is 4.74 Å². The number of hydrogen-bond acceptors (Lipinski definition) is 5. The molecule has 196 valence electrons. The van der Waals surface area contributed by atoms with Crippen molar-refractivity contribution in [3.05, 3.63) is 59.7 Å². The van der Waals surface area contributed by atoms with Gasteiger partial charge in [0.05, 0.1) is 17.4 Å². The van der Waals surface area contributed by atoms with Crippen LogP contribution in [0.2, 0.25) is 0 Å². The van der Waals surface area contributed by atoms with E-state index in [-0.39, 0.29) is 30.9 Å². The summed E-state index contributed by atoms with van der Waals surface area (Å²) in [4.78, 5) is 43.3. The lowest BCUT2D eigenvalue weighted by molar-refractivity contribution is -0.144. The van der Waals surface area contributed by atoms with Crippen LogP contribution in [0.5, 0.6) is 0 Å². The molecule has 0 aromatic heterocycles. The minimum absolute atomic E-state index is 0.107. The number of nitrogens with zero attached hydrogens (tertiary/aromatic N) is 1.